The fourth-order valence-corrected chi connectivity index (χ4v) is 3.46. The summed E-state index contributed by atoms with van der Waals surface area (Å²) in [6, 6.07) is 12.7. The average Bonchev–Trinajstić information content (AvgIpc) is 3.13. The molecule has 4 rings (SSSR count). The van der Waals surface area contributed by atoms with Crippen LogP contribution in [0.2, 0.25) is 5.02 Å². The van der Waals surface area contributed by atoms with E-state index in [4.69, 9.17) is 11.6 Å². The van der Waals surface area contributed by atoms with Crippen LogP contribution in [0.4, 0.5) is 5.69 Å². The van der Waals surface area contributed by atoms with Crippen molar-refractivity contribution >= 4 is 39.9 Å². The van der Waals surface area contributed by atoms with Crippen molar-refractivity contribution in [3.8, 4) is 0 Å². The normalized spacial score (nSPS) is 11.2. The van der Waals surface area contributed by atoms with E-state index in [2.05, 4.69) is 15.5 Å². The number of halogens is 1. The predicted molar refractivity (Wildman–Crippen MR) is 109 cm³/mol. The Hall–Kier alpha value is -3.19. The van der Waals surface area contributed by atoms with Crippen molar-refractivity contribution < 1.29 is 4.79 Å². The smallest absolute Gasteiger partial charge is 0.297 e. The lowest BCUT2D eigenvalue weighted by Gasteiger charge is -2.13. The van der Waals surface area contributed by atoms with E-state index in [9.17, 15) is 9.59 Å². The van der Waals surface area contributed by atoms with Gasteiger partial charge in [-0.15, -0.1) is 10.2 Å². The van der Waals surface area contributed by atoms with Crippen LogP contribution in [0.1, 0.15) is 18.3 Å². The molecule has 7 nitrogen and oxygen atoms in total. The minimum absolute atomic E-state index is 0.143. The highest BCUT2D eigenvalue weighted by atomic mass is 35.5. The molecule has 0 bridgehead atoms. The second-order valence-corrected chi connectivity index (χ2v) is 6.88. The molecule has 0 saturated heterocycles. The largest absolute Gasteiger partial charge is 0.324 e. The van der Waals surface area contributed by atoms with Crippen LogP contribution in [0, 0.1) is 6.92 Å². The van der Waals surface area contributed by atoms with Crippen LogP contribution in [0.25, 0.3) is 16.7 Å². The predicted octanol–water partition coefficient (Wildman–Crippen LogP) is 3.21. The van der Waals surface area contributed by atoms with Gasteiger partial charge in [0.1, 0.15) is 12.4 Å². The first-order chi connectivity index (χ1) is 13.5. The second-order valence-electron chi connectivity index (χ2n) is 6.47. The number of aryl methyl sites for hydroxylation is 1. The Bertz CT molecular complexity index is 1280. The molecule has 2 aromatic heterocycles. The zero-order valence-electron chi connectivity index (χ0n) is 15.4. The lowest BCUT2D eigenvalue weighted by Crippen LogP contribution is -2.29. The zero-order valence-corrected chi connectivity index (χ0v) is 16.2. The summed E-state index contributed by atoms with van der Waals surface area (Å²) in [6.07, 6.45) is 0.642. The summed E-state index contributed by atoms with van der Waals surface area (Å²) in [5.74, 6) is 0.381. The molecule has 1 amide bonds. The molecule has 2 heterocycles. The van der Waals surface area contributed by atoms with E-state index >= 15 is 0 Å². The molecule has 2 aromatic carbocycles. The van der Waals surface area contributed by atoms with Gasteiger partial charge in [-0.1, -0.05) is 36.7 Å². The molecule has 0 atom stereocenters. The van der Waals surface area contributed by atoms with Gasteiger partial charge in [0.25, 0.3) is 5.56 Å². The number of anilines is 1. The van der Waals surface area contributed by atoms with Crippen molar-refractivity contribution in [1.82, 2.24) is 19.2 Å². The van der Waals surface area contributed by atoms with Gasteiger partial charge in [-0.3, -0.25) is 18.6 Å². The molecule has 0 radical (unpaired) electrons. The van der Waals surface area contributed by atoms with Crippen molar-refractivity contribution in [3.05, 3.63) is 69.2 Å². The summed E-state index contributed by atoms with van der Waals surface area (Å²) in [6.45, 7) is 3.64. The van der Waals surface area contributed by atoms with E-state index in [1.165, 1.54) is 4.57 Å². The van der Waals surface area contributed by atoms with E-state index in [-0.39, 0.29) is 23.7 Å². The number of hydrogen-bond donors (Lipinski definition) is 1. The van der Waals surface area contributed by atoms with Crippen molar-refractivity contribution in [2.45, 2.75) is 26.8 Å². The van der Waals surface area contributed by atoms with E-state index in [0.717, 1.165) is 11.1 Å². The van der Waals surface area contributed by atoms with Crippen LogP contribution in [0.3, 0.4) is 0 Å². The highest BCUT2D eigenvalue weighted by Crippen LogP contribution is 2.23. The van der Waals surface area contributed by atoms with Crippen LogP contribution >= 0.6 is 11.6 Å². The molecule has 0 saturated carbocycles. The van der Waals surface area contributed by atoms with E-state index in [1.807, 2.05) is 38.1 Å². The molecule has 0 aliphatic heterocycles. The maximum absolute atomic E-state index is 13.0. The number of fused-ring (bicyclic) bond motifs is 3. The van der Waals surface area contributed by atoms with Gasteiger partial charge in [0.15, 0.2) is 0 Å². The van der Waals surface area contributed by atoms with Crippen molar-refractivity contribution in [1.29, 1.82) is 0 Å². The maximum atomic E-state index is 13.0. The highest BCUT2D eigenvalue weighted by Gasteiger charge is 2.17. The van der Waals surface area contributed by atoms with E-state index < -0.39 is 0 Å². The number of carbonyl (C=O) groups is 1. The Morgan fingerprint density at radius 1 is 1.11 bits per heavy atom. The van der Waals surface area contributed by atoms with Crippen molar-refractivity contribution in [2.24, 2.45) is 0 Å². The van der Waals surface area contributed by atoms with Gasteiger partial charge < -0.3 is 5.32 Å². The van der Waals surface area contributed by atoms with Gasteiger partial charge >= 0.3 is 0 Å². The Morgan fingerprint density at radius 3 is 2.61 bits per heavy atom. The molecule has 0 aliphatic carbocycles. The summed E-state index contributed by atoms with van der Waals surface area (Å²) in [4.78, 5) is 25.7. The SMILES string of the molecule is CCc1nnc2c(=O)n(CC(=O)Nc3cccc(Cl)c3C)c3ccccc3n12. The summed E-state index contributed by atoms with van der Waals surface area (Å²) in [5, 5.41) is 11.6. The number of carbonyl (C=O) groups excluding carboxylic acids is 1. The summed E-state index contributed by atoms with van der Waals surface area (Å²) in [7, 11) is 0. The molecular formula is C20H18ClN5O2. The van der Waals surface area contributed by atoms with Crippen LogP contribution in [0.15, 0.2) is 47.3 Å². The first-order valence-corrected chi connectivity index (χ1v) is 9.29. The topological polar surface area (TPSA) is 81.3 Å². The third-order valence-corrected chi connectivity index (χ3v) is 5.15. The molecule has 0 fully saturated rings. The number of amides is 1. The molecule has 0 spiro atoms. The van der Waals surface area contributed by atoms with Crippen LogP contribution in [-0.4, -0.2) is 25.1 Å². The summed E-state index contributed by atoms with van der Waals surface area (Å²) in [5.41, 5.74) is 2.67. The minimum atomic E-state index is -0.358. The Morgan fingerprint density at radius 2 is 1.86 bits per heavy atom. The molecule has 8 heteroatoms. The van der Waals surface area contributed by atoms with Crippen LogP contribution in [-0.2, 0) is 17.8 Å². The number of rotatable bonds is 4. The van der Waals surface area contributed by atoms with Gasteiger partial charge in [0.2, 0.25) is 11.6 Å². The van der Waals surface area contributed by atoms with Crippen LogP contribution < -0.4 is 10.9 Å². The van der Waals surface area contributed by atoms with Gasteiger partial charge in [-0.25, -0.2) is 0 Å². The first-order valence-electron chi connectivity index (χ1n) is 8.91. The number of hydrogen-bond acceptors (Lipinski definition) is 4. The second kappa shape index (κ2) is 7.09. The summed E-state index contributed by atoms with van der Waals surface area (Å²) >= 11 is 6.12. The van der Waals surface area contributed by atoms with Gasteiger partial charge in [0.05, 0.1) is 11.0 Å². The Labute approximate surface area is 165 Å². The molecule has 28 heavy (non-hydrogen) atoms. The highest BCUT2D eigenvalue weighted by molar-refractivity contribution is 6.31. The maximum Gasteiger partial charge on any atom is 0.297 e. The molecule has 0 unspecified atom stereocenters. The molecular weight excluding hydrogens is 378 g/mol. The Kier molecular flexibility index (Phi) is 4.60. The van der Waals surface area contributed by atoms with Crippen molar-refractivity contribution in [2.75, 3.05) is 5.32 Å². The lowest BCUT2D eigenvalue weighted by molar-refractivity contribution is -0.116. The third-order valence-electron chi connectivity index (χ3n) is 4.74. The van der Waals surface area contributed by atoms with E-state index in [0.29, 0.717) is 28.5 Å². The number of benzene rings is 2. The quantitative estimate of drug-likeness (QED) is 0.575. The Balaban J connectivity index is 1.80. The van der Waals surface area contributed by atoms with Gasteiger partial charge in [0, 0.05) is 17.1 Å². The number of nitrogens with zero attached hydrogens (tertiary/aromatic N) is 4. The average molecular weight is 396 g/mol. The van der Waals surface area contributed by atoms with Gasteiger partial charge in [-0.05, 0) is 36.8 Å². The number of aromatic nitrogens is 4. The van der Waals surface area contributed by atoms with Crippen LogP contribution in [0.5, 0.6) is 0 Å². The first kappa shape index (κ1) is 18.2. The number of para-hydroxylation sites is 2. The summed E-state index contributed by atoms with van der Waals surface area (Å²) < 4.78 is 3.18. The fraction of sp³-hybridized carbons (Fsp3) is 0.200. The lowest BCUT2D eigenvalue weighted by atomic mass is 10.2. The monoisotopic (exact) mass is 395 g/mol. The molecule has 1 N–H and O–H groups in total. The molecule has 4 aromatic rings. The van der Waals surface area contributed by atoms with Crippen molar-refractivity contribution in [3.63, 3.8) is 0 Å². The van der Waals surface area contributed by atoms with E-state index in [1.54, 1.807) is 22.6 Å². The number of nitrogens with one attached hydrogen (secondary N) is 1. The standard InChI is InChI=1S/C20H18ClN5O2/c1-3-17-23-24-19-20(28)25(15-9-4-5-10-16(15)26(17)19)11-18(27)22-14-8-6-7-13(21)12(14)2/h4-10H,3,11H2,1-2H3,(H,22,27). The fourth-order valence-electron chi connectivity index (χ4n) is 3.28. The molecule has 142 valence electrons. The minimum Gasteiger partial charge on any atom is -0.324 e. The third kappa shape index (κ3) is 2.93. The zero-order chi connectivity index (χ0) is 19.8. The molecule has 0 aliphatic rings. The van der Waals surface area contributed by atoms with Gasteiger partial charge in [-0.2, -0.15) is 0 Å².